The molecule has 5 heterocycles. The number of nitrogens with zero attached hydrogens (tertiary/aromatic N) is 3. The van der Waals surface area contributed by atoms with Gasteiger partial charge < -0.3 is 9.72 Å². The van der Waals surface area contributed by atoms with Gasteiger partial charge in [0.2, 0.25) is 0 Å². The molecule has 3 saturated heterocycles. The second kappa shape index (κ2) is 4.57. The van der Waals surface area contributed by atoms with Gasteiger partial charge in [0.1, 0.15) is 5.69 Å². The molecule has 1 spiro atoms. The number of aromatic nitrogens is 2. The maximum absolute atomic E-state index is 12.8. The predicted molar refractivity (Wildman–Crippen MR) is 87.4 cm³/mol. The first-order chi connectivity index (χ1) is 11.2. The van der Waals surface area contributed by atoms with Crippen LogP contribution in [0.2, 0.25) is 0 Å². The average molecular weight is 310 g/mol. The van der Waals surface area contributed by atoms with Gasteiger partial charge in [-0.05, 0) is 63.7 Å². The molecule has 2 aromatic rings. The minimum absolute atomic E-state index is 0.0231. The smallest absolute Gasteiger partial charge is 0.271 e. The van der Waals surface area contributed by atoms with Crippen LogP contribution in [0.5, 0.6) is 0 Å². The molecule has 1 amide bonds. The number of nitrogens with one attached hydrogen (secondary N) is 1. The van der Waals surface area contributed by atoms with E-state index in [-0.39, 0.29) is 11.4 Å². The Bertz CT molecular complexity index is 783. The van der Waals surface area contributed by atoms with Crippen molar-refractivity contribution in [1.82, 2.24) is 19.6 Å². The zero-order valence-corrected chi connectivity index (χ0v) is 13.5. The summed E-state index contributed by atoms with van der Waals surface area (Å²) in [5, 5.41) is 3.34. The molecule has 1 N–H and O–H groups in total. The number of rotatable bonds is 2. The van der Waals surface area contributed by atoms with Crippen molar-refractivity contribution in [3.05, 3.63) is 35.9 Å². The lowest BCUT2D eigenvalue weighted by molar-refractivity contribution is -0.00153. The third-order valence-electron chi connectivity index (χ3n) is 6.24. The fraction of sp³-hybridized carbons (Fsp3) is 0.556. The molecule has 0 aromatic carbocycles. The quantitative estimate of drug-likeness (QED) is 0.923. The van der Waals surface area contributed by atoms with Crippen molar-refractivity contribution in [3.8, 4) is 0 Å². The molecular formula is C18H22N4O. The molecule has 2 bridgehead atoms. The van der Waals surface area contributed by atoms with Gasteiger partial charge in [0.25, 0.3) is 5.91 Å². The van der Waals surface area contributed by atoms with Gasteiger partial charge in [-0.15, -0.1) is 0 Å². The van der Waals surface area contributed by atoms with E-state index >= 15 is 0 Å². The zero-order chi connectivity index (χ0) is 15.6. The van der Waals surface area contributed by atoms with Gasteiger partial charge in [-0.2, -0.15) is 0 Å². The number of amides is 1. The molecule has 23 heavy (non-hydrogen) atoms. The minimum atomic E-state index is -0.0231. The maximum Gasteiger partial charge on any atom is 0.271 e. The fourth-order valence-electron chi connectivity index (χ4n) is 4.80. The van der Waals surface area contributed by atoms with Gasteiger partial charge in [-0.1, -0.05) is 0 Å². The predicted octanol–water partition coefficient (Wildman–Crippen LogP) is 2.00. The first-order valence-corrected chi connectivity index (χ1v) is 8.67. The Morgan fingerprint density at radius 2 is 2.09 bits per heavy atom. The molecular weight excluding hydrogens is 288 g/mol. The van der Waals surface area contributed by atoms with Crippen LogP contribution < -0.4 is 5.32 Å². The van der Waals surface area contributed by atoms with Gasteiger partial charge in [0.15, 0.2) is 0 Å². The number of carbonyl (C=O) groups excluding carboxylic acids is 1. The second-order valence-electron chi connectivity index (χ2n) is 7.42. The summed E-state index contributed by atoms with van der Waals surface area (Å²) in [6.07, 6.45) is 8.55. The number of fused-ring (bicyclic) bond motifs is 3. The van der Waals surface area contributed by atoms with Gasteiger partial charge >= 0.3 is 0 Å². The first kappa shape index (κ1) is 13.5. The zero-order valence-electron chi connectivity index (χ0n) is 13.5. The number of piperidine rings is 3. The molecule has 4 fully saturated rings. The van der Waals surface area contributed by atoms with Crippen LogP contribution in [0.3, 0.4) is 0 Å². The second-order valence-corrected chi connectivity index (χ2v) is 7.42. The van der Waals surface area contributed by atoms with Gasteiger partial charge in [0.05, 0.1) is 17.8 Å². The van der Waals surface area contributed by atoms with Gasteiger partial charge in [0, 0.05) is 17.4 Å². The monoisotopic (exact) mass is 310 g/mol. The van der Waals surface area contributed by atoms with Crippen LogP contribution in [0, 0.1) is 12.8 Å². The Morgan fingerprint density at radius 1 is 1.30 bits per heavy atom. The molecule has 1 saturated carbocycles. The summed E-state index contributed by atoms with van der Waals surface area (Å²) in [7, 11) is 0. The average Bonchev–Trinajstić information content (AvgIpc) is 3.28. The molecule has 5 nitrogen and oxygen atoms in total. The van der Waals surface area contributed by atoms with Crippen LogP contribution >= 0.6 is 0 Å². The summed E-state index contributed by atoms with van der Waals surface area (Å²) < 4.78 is 2.03. The van der Waals surface area contributed by atoms with Crippen LogP contribution in [-0.4, -0.2) is 44.9 Å². The van der Waals surface area contributed by atoms with E-state index in [4.69, 9.17) is 0 Å². The van der Waals surface area contributed by atoms with E-state index in [1.54, 1.807) is 6.20 Å². The van der Waals surface area contributed by atoms with Crippen LogP contribution in [0.15, 0.2) is 24.5 Å². The highest BCUT2D eigenvalue weighted by atomic mass is 16.2. The SMILES string of the molecule is Cc1ccc2cnc(C(=O)N[C@H]3C4CCN(CC4)C34CC4)cn12. The number of hydrogen-bond acceptors (Lipinski definition) is 3. The number of aryl methyl sites for hydroxylation is 1. The summed E-state index contributed by atoms with van der Waals surface area (Å²) in [5.74, 6) is 0.619. The highest BCUT2D eigenvalue weighted by Crippen LogP contribution is 2.53. The Hall–Kier alpha value is -1.88. The summed E-state index contributed by atoms with van der Waals surface area (Å²) in [4.78, 5) is 19.8. The molecule has 5 heteroatoms. The van der Waals surface area contributed by atoms with Crippen molar-refractivity contribution < 1.29 is 4.79 Å². The molecule has 0 radical (unpaired) electrons. The minimum Gasteiger partial charge on any atom is -0.346 e. The van der Waals surface area contributed by atoms with E-state index in [0.717, 1.165) is 11.2 Å². The lowest BCUT2D eigenvalue weighted by Crippen LogP contribution is -2.65. The summed E-state index contributed by atoms with van der Waals surface area (Å²) in [5.41, 5.74) is 2.94. The van der Waals surface area contributed by atoms with Crippen LogP contribution in [-0.2, 0) is 0 Å². The fourth-order valence-corrected chi connectivity index (χ4v) is 4.80. The van der Waals surface area contributed by atoms with Gasteiger partial charge in [-0.3, -0.25) is 9.69 Å². The van der Waals surface area contributed by atoms with Gasteiger partial charge in [-0.25, -0.2) is 4.98 Å². The van der Waals surface area contributed by atoms with E-state index in [0.29, 0.717) is 17.7 Å². The summed E-state index contributed by atoms with van der Waals surface area (Å²) >= 11 is 0. The number of carbonyl (C=O) groups is 1. The molecule has 0 unspecified atom stereocenters. The largest absolute Gasteiger partial charge is 0.346 e. The van der Waals surface area contributed by atoms with E-state index < -0.39 is 0 Å². The molecule has 4 aliphatic rings. The molecule has 1 aliphatic carbocycles. The van der Waals surface area contributed by atoms with E-state index in [2.05, 4.69) is 15.2 Å². The van der Waals surface area contributed by atoms with Crippen molar-refractivity contribution in [3.63, 3.8) is 0 Å². The third kappa shape index (κ3) is 1.89. The van der Waals surface area contributed by atoms with Crippen molar-refractivity contribution >= 4 is 11.4 Å². The van der Waals surface area contributed by atoms with Crippen LogP contribution in [0.1, 0.15) is 41.9 Å². The maximum atomic E-state index is 12.8. The lowest BCUT2D eigenvalue weighted by atomic mass is 9.77. The van der Waals surface area contributed by atoms with Crippen molar-refractivity contribution in [2.75, 3.05) is 13.1 Å². The Labute approximate surface area is 135 Å². The third-order valence-corrected chi connectivity index (χ3v) is 6.24. The normalized spacial score (nSPS) is 30.7. The lowest BCUT2D eigenvalue weighted by Gasteiger charge is -2.52. The molecule has 3 aliphatic heterocycles. The summed E-state index contributed by atoms with van der Waals surface area (Å²) in [6, 6.07) is 4.38. The Kier molecular flexibility index (Phi) is 2.69. The molecule has 120 valence electrons. The van der Waals surface area contributed by atoms with E-state index in [1.165, 1.54) is 38.8 Å². The summed E-state index contributed by atoms with van der Waals surface area (Å²) in [6.45, 7) is 4.47. The molecule has 1 atom stereocenters. The first-order valence-electron chi connectivity index (χ1n) is 8.67. The number of hydrogen-bond donors (Lipinski definition) is 1. The topological polar surface area (TPSA) is 49.6 Å². The highest BCUT2D eigenvalue weighted by molar-refractivity contribution is 5.92. The standard InChI is InChI=1S/C18H22N4O/c1-12-2-3-14-10-19-15(11-22(12)14)17(23)20-16-13-4-8-21(9-5-13)18(16)6-7-18/h2-3,10-11,13,16H,4-9H2,1H3,(H,20,23)/t16-/m0/s1. The van der Waals surface area contributed by atoms with Crippen LogP contribution in [0.25, 0.3) is 5.52 Å². The van der Waals surface area contributed by atoms with Crippen LogP contribution in [0.4, 0.5) is 0 Å². The van der Waals surface area contributed by atoms with E-state index in [9.17, 15) is 4.79 Å². The molecule has 2 aromatic heterocycles. The van der Waals surface area contributed by atoms with Crippen molar-refractivity contribution in [2.24, 2.45) is 5.92 Å². The highest BCUT2D eigenvalue weighted by Gasteiger charge is 2.60. The van der Waals surface area contributed by atoms with E-state index in [1.807, 2.05) is 29.7 Å². The Morgan fingerprint density at radius 3 is 2.83 bits per heavy atom. The van der Waals surface area contributed by atoms with Crippen molar-refractivity contribution in [2.45, 2.75) is 44.2 Å². The molecule has 6 rings (SSSR count). The Balaban J connectivity index is 1.43. The van der Waals surface area contributed by atoms with Crippen molar-refractivity contribution in [1.29, 1.82) is 0 Å².